The molecule has 1 saturated carbocycles. The van der Waals surface area contributed by atoms with Gasteiger partial charge in [0.1, 0.15) is 11.6 Å². The zero-order chi connectivity index (χ0) is 24.0. The number of halogens is 3. The molecule has 176 valence electrons. The first-order valence-electron chi connectivity index (χ1n) is 10.7. The average Bonchev–Trinajstić information content (AvgIpc) is 2.78. The molecule has 2 aromatic carbocycles. The SMILES string of the molecule is O=C(NCCCC(=O)c1ccc(OC2CCC(C(=O)O)CC2)cc1F)c1ccc(Cl)c(Cl)c1. The molecule has 0 aromatic heterocycles. The van der Waals surface area contributed by atoms with Crippen LogP contribution >= 0.6 is 23.2 Å². The highest BCUT2D eigenvalue weighted by Gasteiger charge is 2.27. The Labute approximate surface area is 201 Å². The highest BCUT2D eigenvalue weighted by atomic mass is 35.5. The van der Waals surface area contributed by atoms with E-state index >= 15 is 0 Å². The van der Waals surface area contributed by atoms with Crippen molar-refractivity contribution in [2.45, 2.75) is 44.6 Å². The summed E-state index contributed by atoms with van der Waals surface area (Å²) in [5.41, 5.74) is 0.321. The maximum absolute atomic E-state index is 14.5. The molecule has 0 heterocycles. The van der Waals surface area contributed by atoms with Crippen LogP contribution in [-0.4, -0.2) is 35.4 Å². The third kappa shape index (κ3) is 6.92. The number of hydrogen-bond donors (Lipinski definition) is 2. The lowest BCUT2D eigenvalue weighted by molar-refractivity contribution is -0.143. The maximum atomic E-state index is 14.5. The molecule has 0 spiro atoms. The Morgan fingerprint density at radius 3 is 2.39 bits per heavy atom. The molecule has 1 aliphatic carbocycles. The van der Waals surface area contributed by atoms with Gasteiger partial charge in [0, 0.05) is 24.6 Å². The molecule has 0 radical (unpaired) electrons. The van der Waals surface area contributed by atoms with Crippen molar-refractivity contribution in [1.29, 1.82) is 0 Å². The number of carbonyl (C=O) groups excluding carboxylic acids is 2. The predicted octanol–water partition coefficient (Wildman–Crippen LogP) is 5.55. The molecular weight excluding hydrogens is 472 g/mol. The smallest absolute Gasteiger partial charge is 0.306 e. The Bertz CT molecular complexity index is 1040. The molecule has 9 heteroatoms. The second-order valence-corrected chi connectivity index (χ2v) is 8.80. The first-order valence-corrected chi connectivity index (χ1v) is 11.5. The minimum Gasteiger partial charge on any atom is -0.490 e. The molecule has 1 aliphatic rings. The predicted molar refractivity (Wildman–Crippen MR) is 123 cm³/mol. The molecular formula is C24H24Cl2FNO5. The number of carbonyl (C=O) groups is 3. The van der Waals surface area contributed by atoms with Gasteiger partial charge in [0.15, 0.2) is 5.78 Å². The van der Waals surface area contributed by atoms with E-state index in [0.717, 1.165) is 0 Å². The standard InChI is InChI=1S/C24H24Cl2FNO5/c25-19-10-5-15(12-20(19)26)23(30)28-11-1-2-22(29)18-9-8-17(13-21(18)27)33-16-6-3-14(4-7-16)24(31)32/h5,8-10,12-14,16H,1-4,6-7,11H2,(H,28,30)(H,31,32). The van der Waals surface area contributed by atoms with Gasteiger partial charge in [-0.15, -0.1) is 0 Å². The topological polar surface area (TPSA) is 92.7 Å². The summed E-state index contributed by atoms with van der Waals surface area (Å²) in [6.07, 6.45) is 2.48. The monoisotopic (exact) mass is 495 g/mol. The number of amides is 1. The van der Waals surface area contributed by atoms with E-state index in [2.05, 4.69) is 5.32 Å². The van der Waals surface area contributed by atoms with Crippen LogP contribution in [0.1, 0.15) is 59.2 Å². The number of rotatable bonds is 9. The second-order valence-electron chi connectivity index (χ2n) is 7.98. The van der Waals surface area contributed by atoms with Gasteiger partial charge in [0.2, 0.25) is 0 Å². The number of nitrogens with one attached hydrogen (secondary N) is 1. The minimum atomic E-state index is -0.795. The first kappa shape index (κ1) is 25.0. The number of Topliss-reactive ketones (excluding diaryl/α,β-unsaturated/α-hetero) is 1. The molecule has 2 N–H and O–H groups in total. The molecule has 1 amide bonds. The van der Waals surface area contributed by atoms with Crippen molar-refractivity contribution < 1.29 is 28.6 Å². The summed E-state index contributed by atoms with van der Waals surface area (Å²) in [7, 11) is 0. The highest BCUT2D eigenvalue weighted by molar-refractivity contribution is 6.42. The summed E-state index contributed by atoms with van der Waals surface area (Å²) in [4.78, 5) is 35.5. The van der Waals surface area contributed by atoms with E-state index in [4.69, 9.17) is 33.0 Å². The third-order valence-electron chi connectivity index (χ3n) is 5.62. The Hall–Kier alpha value is -2.64. The van der Waals surface area contributed by atoms with Crippen LogP contribution in [0.2, 0.25) is 10.0 Å². The van der Waals surface area contributed by atoms with Gasteiger partial charge in [-0.3, -0.25) is 14.4 Å². The number of ether oxygens (including phenoxy) is 1. The lowest BCUT2D eigenvalue weighted by Gasteiger charge is -2.26. The van der Waals surface area contributed by atoms with Crippen LogP contribution in [0.15, 0.2) is 36.4 Å². The lowest BCUT2D eigenvalue weighted by atomic mass is 9.87. The van der Waals surface area contributed by atoms with Crippen molar-refractivity contribution in [3.05, 3.63) is 63.4 Å². The number of carboxylic acid groups (broad SMARTS) is 1. The summed E-state index contributed by atoms with van der Waals surface area (Å²) in [5.74, 6) is -2.21. The quantitative estimate of drug-likeness (QED) is 0.351. The molecule has 33 heavy (non-hydrogen) atoms. The van der Waals surface area contributed by atoms with Crippen molar-refractivity contribution in [2.75, 3.05) is 6.54 Å². The minimum absolute atomic E-state index is 0.0345. The van der Waals surface area contributed by atoms with Crippen LogP contribution in [-0.2, 0) is 4.79 Å². The lowest BCUT2D eigenvalue weighted by Crippen LogP contribution is -2.27. The molecule has 0 unspecified atom stereocenters. The van der Waals surface area contributed by atoms with Crippen LogP contribution in [0, 0.1) is 11.7 Å². The second kappa shape index (κ2) is 11.5. The van der Waals surface area contributed by atoms with E-state index in [1.54, 1.807) is 12.1 Å². The molecule has 3 rings (SSSR count). The van der Waals surface area contributed by atoms with Gasteiger partial charge in [-0.1, -0.05) is 23.2 Å². The Balaban J connectivity index is 1.45. The molecule has 6 nitrogen and oxygen atoms in total. The number of aliphatic carboxylic acids is 1. The Morgan fingerprint density at radius 2 is 1.76 bits per heavy atom. The van der Waals surface area contributed by atoms with Gasteiger partial charge in [-0.2, -0.15) is 0 Å². The van der Waals surface area contributed by atoms with E-state index in [1.807, 2.05) is 0 Å². The molecule has 0 atom stereocenters. The summed E-state index contributed by atoms with van der Waals surface area (Å²) in [5, 5.41) is 12.4. The normalized spacial score (nSPS) is 17.9. The van der Waals surface area contributed by atoms with Gasteiger partial charge in [-0.05, 0) is 62.4 Å². The molecule has 2 aromatic rings. The number of carboxylic acids is 1. The fourth-order valence-corrected chi connectivity index (χ4v) is 4.04. The van der Waals surface area contributed by atoms with Crippen molar-refractivity contribution in [3.63, 3.8) is 0 Å². The highest BCUT2D eigenvalue weighted by Crippen LogP contribution is 2.29. The summed E-state index contributed by atoms with van der Waals surface area (Å²) >= 11 is 11.7. The van der Waals surface area contributed by atoms with Crippen LogP contribution in [0.4, 0.5) is 4.39 Å². The van der Waals surface area contributed by atoms with Crippen LogP contribution in [0.25, 0.3) is 0 Å². The fraction of sp³-hybridized carbons (Fsp3) is 0.375. The van der Waals surface area contributed by atoms with Gasteiger partial charge < -0.3 is 15.2 Å². The summed E-state index contributed by atoms with van der Waals surface area (Å²) in [6, 6.07) is 8.66. The Morgan fingerprint density at radius 1 is 1.03 bits per heavy atom. The average molecular weight is 496 g/mol. The van der Waals surface area contributed by atoms with Gasteiger partial charge in [0.25, 0.3) is 5.91 Å². The zero-order valence-corrected chi connectivity index (χ0v) is 19.3. The van der Waals surface area contributed by atoms with Crippen LogP contribution < -0.4 is 10.1 Å². The van der Waals surface area contributed by atoms with Gasteiger partial charge >= 0.3 is 5.97 Å². The van der Waals surface area contributed by atoms with E-state index in [1.165, 1.54) is 24.3 Å². The number of benzene rings is 2. The van der Waals surface area contributed by atoms with E-state index in [-0.39, 0.29) is 47.3 Å². The van der Waals surface area contributed by atoms with Crippen molar-refractivity contribution in [3.8, 4) is 5.75 Å². The molecule has 0 aliphatic heterocycles. The van der Waals surface area contributed by atoms with Gasteiger partial charge in [-0.25, -0.2) is 4.39 Å². The van der Waals surface area contributed by atoms with Crippen molar-refractivity contribution in [2.24, 2.45) is 5.92 Å². The molecule has 0 saturated heterocycles. The fourth-order valence-electron chi connectivity index (χ4n) is 3.74. The number of ketones is 1. The third-order valence-corrected chi connectivity index (χ3v) is 6.35. The van der Waals surface area contributed by atoms with Crippen LogP contribution in [0.3, 0.4) is 0 Å². The maximum Gasteiger partial charge on any atom is 0.306 e. The number of hydrogen-bond acceptors (Lipinski definition) is 4. The summed E-state index contributed by atoms with van der Waals surface area (Å²) in [6.45, 7) is 0.243. The Kier molecular flexibility index (Phi) is 8.69. The van der Waals surface area contributed by atoms with Crippen molar-refractivity contribution in [1.82, 2.24) is 5.32 Å². The van der Waals surface area contributed by atoms with E-state index < -0.39 is 11.8 Å². The van der Waals surface area contributed by atoms with Gasteiger partial charge in [0.05, 0.1) is 27.6 Å². The van der Waals surface area contributed by atoms with Crippen molar-refractivity contribution >= 4 is 40.9 Å². The zero-order valence-electron chi connectivity index (χ0n) is 17.8. The van der Waals surface area contributed by atoms with E-state index in [9.17, 15) is 18.8 Å². The summed E-state index contributed by atoms with van der Waals surface area (Å²) < 4.78 is 20.3. The van der Waals surface area contributed by atoms with Crippen LogP contribution in [0.5, 0.6) is 5.75 Å². The first-order chi connectivity index (χ1) is 15.7. The molecule has 0 bridgehead atoms. The van der Waals surface area contributed by atoms with E-state index in [0.29, 0.717) is 48.4 Å². The largest absolute Gasteiger partial charge is 0.490 e. The molecule has 1 fully saturated rings.